The number of rotatable bonds is 5. The van der Waals surface area contributed by atoms with Crippen LogP contribution in [0.3, 0.4) is 0 Å². The van der Waals surface area contributed by atoms with Gasteiger partial charge in [0, 0.05) is 25.2 Å². The first kappa shape index (κ1) is 17.5. The fourth-order valence-electron chi connectivity index (χ4n) is 1.51. The molecule has 0 fully saturated rings. The summed E-state index contributed by atoms with van der Waals surface area (Å²) in [6.07, 6.45) is 2.52. The number of imidazole rings is 1. The standard InChI is InChI=1S/C11H16FN3O3.ClH/c1-3-18-10(17)11(13,6-12)4-9-5-14-7-15(9)8(2)16;/h5,7H,3-4,6,13H2,1-2H3;1H. The lowest BCUT2D eigenvalue weighted by Crippen LogP contribution is -2.53. The van der Waals surface area contributed by atoms with Gasteiger partial charge in [-0.1, -0.05) is 0 Å². The molecule has 0 aliphatic heterocycles. The van der Waals surface area contributed by atoms with Gasteiger partial charge in [-0.15, -0.1) is 12.4 Å². The first-order valence-electron chi connectivity index (χ1n) is 5.49. The van der Waals surface area contributed by atoms with Crippen molar-refractivity contribution in [3.05, 3.63) is 18.2 Å². The Balaban J connectivity index is 0.00000324. The maximum absolute atomic E-state index is 13.0. The minimum absolute atomic E-state index is 0. The lowest BCUT2D eigenvalue weighted by Gasteiger charge is -2.23. The van der Waals surface area contributed by atoms with Crippen molar-refractivity contribution < 1.29 is 18.7 Å². The van der Waals surface area contributed by atoms with Crippen LogP contribution in [-0.2, 0) is 16.0 Å². The van der Waals surface area contributed by atoms with Gasteiger partial charge in [0.2, 0.25) is 5.91 Å². The Bertz CT molecular complexity index is 452. The molecule has 0 saturated carbocycles. The molecule has 0 radical (unpaired) electrons. The van der Waals surface area contributed by atoms with E-state index in [1.165, 1.54) is 24.0 Å². The highest BCUT2D eigenvalue weighted by Gasteiger charge is 2.37. The van der Waals surface area contributed by atoms with Gasteiger partial charge in [0.05, 0.1) is 6.61 Å². The van der Waals surface area contributed by atoms with E-state index < -0.39 is 18.2 Å². The molecule has 2 N–H and O–H groups in total. The highest BCUT2D eigenvalue weighted by atomic mass is 35.5. The number of hydrogen-bond donors (Lipinski definition) is 1. The van der Waals surface area contributed by atoms with Gasteiger partial charge in [-0.3, -0.25) is 9.36 Å². The predicted molar refractivity (Wildman–Crippen MR) is 69.0 cm³/mol. The summed E-state index contributed by atoms with van der Waals surface area (Å²) in [6.45, 7) is 1.98. The van der Waals surface area contributed by atoms with E-state index in [0.717, 1.165) is 0 Å². The van der Waals surface area contributed by atoms with E-state index in [9.17, 15) is 14.0 Å². The van der Waals surface area contributed by atoms with E-state index in [-0.39, 0.29) is 31.3 Å². The molecule has 8 heteroatoms. The number of halogens is 2. The van der Waals surface area contributed by atoms with Gasteiger partial charge >= 0.3 is 5.97 Å². The Morgan fingerprint density at radius 3 is 2.68 bits per heavy atom. The van der Waals surface area contributed by atoms with Gasteiger partial charge in [-0.2, -0.15) is 0 Å². The topological polar surface area (TPSA) is 87.2 Å². The SMILES string of the molecule is CCOC(=O)C(N)(CF)Cc1cncn1C(C)=O.Cl. The smallest absolute Gasteiger partial charge is 0.329 e. The van der Waals surface area contributed by atoms with E-state index in [0.29, 0.717) is 5.69 Å². The normalized spacial score (nSPS) is 13.3. The molecule has 0 aromatic carbocycles. The van der Waals surface area contributed by atoms with Gasteiger partial charge in [0.15, 0.2) is 0 Å². The number of nitrogens with zero attached hydrogens (tertiary/aromatic N) is 2. The van der Waals surface area contributed by atoms with Crippen molar-refractivity contribution in [3.8, 4) is 0 Å². The van der Waals surface area contributed by atoms with Crippen LogP contribution in [0.2, 0.25) is 0 Å². The number of alkyl halides is 1. The Hall–Kier alpha value is -1.47. The molecular formula is C11H17ClFN3O3. The second-order valence-corrected chi connectivity index (χ2v) is 3.96. The summed E-state index contributed by atoms with van der Waals surface area (Å²) >= 11 is 0. The first-order chi connectivity index (χ1) is 8.44. The highest BCUT2D eigenvalue weighted by molar-refractivity contribution is 5.85. The van der Waals surface area contributed by atoms with Crippen molar-refractivity contribution in [1.29, 1.82) is 0 Å². The van der Waals surface area contributed by atoms with Gasteiger partial charge < -0.3 is 10.5 Å². The predicted octanol–water partition coefficient (Wildman–Crippen LogP) is 0.738. The first-order valence-corrected chi connectivity index (χ1v) is 5.49. The third-order valence-electron chi connectivity index (χ3n) is 2.47. The minimum Gasteiger partial charge on any atom is -0.465 e. The molecule has 1 atom stereocenters. The number of hydrogen-bond acceptors (Lipinski definition) is 5. The van der Waals surface area contributed by atoms with Crippen LogP contribution in [0, 0.1) is 0 Å². The summed E-state index contributed by atoms with van der Waals surface area (Å²) in [5.41, 5.74) is 4.27. The third-order valence-corrected chi connectivity index (χ3v) is 2.47. The van der Waals surface area contributed by atoms with Crippen LogP contribution in [0.15, 0.2) is 12.5 Å². The summed E-state index contributed by atoms with van der Waals surface area (Å²) in [5, 5.41) is 0. The van der Waals surface area contributed by atoms with Crippen LogP contribution >= 0.6 is 12.4 Å². The molecule has 108 valence electrons. The van der Waals surface area contributed by atoms with E-state index in [2.05, 4.69) is 4.98 Å². The van der Waals surface area contributed by atoms with Gasteiger partial charge in [0.25, 0.3) is 0 Å². The van der Waals surface area contributed by atoms with Crippen LogP contribution in [-0.4, -0.2) is 40.2 Å². The van der Waals surface area contributed by atoms with Crippen LogP contribution < -0.4 is 5.73 Å². The number of aromatic nitrogens is 2. The average molecular weight is 294 g/mol. The van der Waals surface area contributed by atoms with Crippen molar-refractivity contribution in [3.63, 3.8) is 0 Å². The van der Waals surface area contributed by atoms with Crippen molar-refractivity contribution in [1.82, 2.24) is 9.55 Å². The second kappa shape index (κ2) is 7.20. The third kappa shape index (κ3) is 4.00. The molecular weight excluding hydrogens is 277 g/mol. The maximum atomic E-state index is 13.0. The Kier molecular flexibility index (Phi) is 6.64. The van der Waals surface area contributed by atoms with E-state index in [1.807, 2.05) is 0 Å². The van der Waals surface area contributed by atoms with Crippen molar-refractivity contribution in [2.24, 2.45) is 5.73 Å². The summed E-state index contributed by atoms with van der Waals surface area (Å²) in [4.78, 5) is 26.7. The molecule has 6 nitrogen and oxygen atoms in total. The zero-order chi connectivity index (χ0) is 13.8. The van der Waals surface area contributed by atoms with E-state index in [1.54, 1.807) is 6.92 Å². The molecule has 19 heavy (non-hydrogen) atoms. The lowest BCUT2D eigenvalue weighted by molar-refractivity contribution is -0.150. The van der Waals surface area contributed by atoms with Crippen LogP contribution in [0.5, 0.6) is 0 Å². The number of nitrogens with two attached hydrogens (primary N) is 1. The molecule has 0 aliphatic carbocycles. The number of ether oxygens (including phenoxy) is 1. The molecule has 0 saturated heterocycles. The number of carbonyl (C=O) groups is 2. The number of carbonyl (C=O) groups excluding carboxylic acids is 2. The largest absolute Gasteiger partial charge is 0.465 e. The lowest BCUT2D eigenvalue weighted by atomic mass is 9.96. The fraction of sp³-hybridized carbons (Fsp3) is 0.545. The summed E-state index contributed by atoms with van der Waals surface area (Å²) < 4.78 is 18.9. The number of esters is 1. The zero-order valence-electron chi connectivity index (χ0n) is 10.8. The van der Waals surface area contributed by atoms with Crippen LogP contribution in [0.25, 0.3) is 0 Å². The Labute approximate surface area is 116 Å². The summed E-state index contributed by atoms with van der Waals surface area (Å²) in [7, 11) is 0. The van der Waals surface area contributed by atoms with Gasteiger partial charge in [0.1, 0.15) is 18.5 Å². The molecule has 0 spiro atoms. The molecule has 1 aromatic heterocycles. The van der Waals surface area contributed by atoms with Gasteiger partial charge in [-0.25, -0.2) is 14.2 Å². The summed E-state index contributed by atoms with van der Waals surface area (Å²) in [6, 6.07) is 0. The van der Waals surface area contributed by atoms with Crippen molar-refractivity contribution >= 4 is 24.3 Å². The zero-order valence-corrected chi connectivity index (χ0v) is 11.6. The van der Waals surface area contributed by atoms with Crippen molar-refractivity contribution in [2.75, 3.05) is 13.3 Å². The van der Waals surface area contributed by atoms with Crippen LogP contribution in [0.1, 0.15) is 24.3 Å². The highest BCUT2D eigenvalue weighted by Crippen LogP contribution is 2.14. The molecule has 0 aliphatic rings. The minimum atomic E-state index is -1.79. The molecule has 1 unspecified atom stereocenters. The molecule has 0 amide bonds. The molecule has 1 heterocycles. The quantitative estimate of drug-likeness (QED) is 0.809. The summed E-state index contributed by atoms with van der Waals surface area (Å²) in [5.74, 6) is -1.11. The Morgan fingerprint density at radius 1 is 1.58 bits per heavy atom. The van der Waals surface area contributed by atoms with E-state index in [4.69, 9.17) is 10.5 Å². The monoisotopic (exact) mass is 293 g/mol. The average Bonchev–Trinajstić information content (AvgIpc) is 2.77. The maximum Gasteiger partial charge on any atom is 0.329 e. The second-order valence-electron chi connectivity index (χ2n) is 3.96. The molecule has 0 bridgehead atoms. The van der Waals surface area contributed by atoms with Crippen LogP contribution in [0.4, 0.5) is 4.39 Å². The molecule has 1 rings (SSSR count). The van der Waals surface area contributed by atoms with Crippen molar-refractivity contribution in [2.45, 2.75) is 25.8 Å². The molecule has 1 aromatic rings. The Morgan fingerprint density at radius 2 is 2.21 bits per heavy atom. The van der Waals surface area contributed by atoms with E-state index >= 15 is 0 Å². The fourth-order valence-corrected chi connectivity index (χ4v) is 1.51. The van der Waals surface area contributed by atoms with Gasteiger partial charge in [-0.05, 0) is 6.92 Å².